The number of carbonyl (C=O) groups excluding carboxylic acids is 1. The van der Waals surface area contributed by atoms with Crippen molar-refractivity contribution in [2.24, 2.45) is 0 Å². The van der Waals surface area contributed by atoms with Crippen LogP contribution in [0.2, 0.25) is 0 Å². The molecule has 1 fully saturated rings. The van der Waals surface area contributed by atoms with Gasteiger partial charge in [0.2, 0.25) is 0 Å². The first kappa shape index (κ1) is 15.6. The van der Waals surface area contributed by atoms with Crippen LogP contribution >= 0.6 is 0 Å². The molecule has 0 atom stereocenters. The Morgan fingerprint density at radius 3 is 2.60 bits per heavy atom. The van der Waals surface area contributed by atoms with Gasteiger partial charge in [0.25, 0.3) is 11.7 Å². The van der Waals surface area contributed by atoms with Crippen LogP contribution in [-0.4, -0.2) is 56.6 Å². The van der Waals surface area contributed by atoms with E-state index in [4.69, 9.17) is 0 Å². The molecule has 7 nitrogen and oxygen atoms in total. The van der Waals surface area contributed by atoms with Gasteiger partial charge >= 0.3 is 0 Å². The highest BCUT2D eigenvalue weighted by molar-refractivity contribution is 5.94. The van der Waals surface area contributed by atoms with Crippen LogP contribution in [0.1, 0.15) is 23.0 Å². The number of benzene rings is 1. The van der Waals surface area contributed by atoms with Crippen LogP contribution in [0.4, 0.5) is 5.82 Å². The normalized spacial score (nSPS) is 14.9. The summed E-state index contributed by atoms with van der Waals surface area (Å²) in [5, 5.41) is 8.02. The second-order valence-corrected chi connectivity index (χ2v) is 6.11. The van der Waals surface area contributed by atoms with Gasteiger partial charge in [-0.25, -0.2) is 0 Å². The van der Waals surface area contributed by atoms with Crippen LogP contribution in [0.25, 0.3) is 5.78 Å². The minimum Gasteiger partial charge on any atom is -0.353 e. The smallest absolute Gasteiger partial charge is 0.256 e. The average molecular weight is 336 g/mol. The first-order valence-corrected chi connectivity index (χ1v) is 8.55. The molecule has 1 aliphatic heterocycles. The summed E-state index contributed by atoms with van der Waals surface area (Å²) in [6, 6.07) is 11.5. The number of amides is 1. The molecule has 0 unspecified atom stereocenters. The van der Waals surface area contributed by atoms with E-state index < -0.39 is 0 Å². The molecule has 1 aromatic carbocycles. The SMILES string of the molecule is CCc1cc(N2CCN(C(=O)c3ccccc3)CC2)nc2nncn12. The Morgan fingerprint density at radius 1 is 1.12 bits per heavy atom. The third kappa shape index (κ3) is 2.93. The molecule has 4 rings (SSSR count). The van der Waals surface area contributed by atoms with Crippen molar-refractivity contribution >= 4 is 17.5 Å². The summed E-state index contributed by atoms with van der Waals surface area (Å²) in [5.41, 5.74) is 1.88. The summed E-state index contributed by atoms with van der Waals surface area (Å²) in [6.07, 6.45) is 2.58. The van der Waals surface area contributed by atoms with Crippen LogP contribution < -0.4 is 4.90 Å². The van der Waals surface area contributed by atoms with Gasteiger partial charge < -0.3 is 9.80 Å². The van der Waals surface area contributed by atoms with Crippen LogP contribution in [0.15, 0.2) is 42.7 Å². The highest BCUT2D eigenvalue weighted by Gasteiger charge is 2.23. The van der Waals surface area contributed by atoms with E-state index in [-0.39, 0.29) is 5.91 Å². The Bertz CT molecular complexity index is 883. The third-order valence-electron chi connectivity index (χ3n) is 4.62. The predicted octanol–water partition coefficient (Wildman–Crippen LogP) is 1.65. The molecule has 0 bridgehead atoms. The Kier molecular flexibility index (Phi) is 4.05. The molecule has 1 saturated heterocycles. The van der Waals surface area contributed by atoms with Gasteiger partial charge in [0.15, 0.2) is 0 Å². The molecule has 1 aliphatic rings. The predicted molar refractivity (Wildman–Crippen MR) is 94.7 cm³/mol. The molecule has 0 saturated carbocycles. The number of nitrogens with zero attached hydrogens (tertiary/aromatic N) is 6. The van der Waals surface area contributed by atoms with Gasteiger partial charge in [0.05, 0.1) is 0 Å². The minimum atomic E-state index is 0.0929. The number of hydrogen-bond donors (Lipinski definition) is 0. The number of anilines is 1. The van der Waals surface area contributed by atoms with Crippen LogP contribution in [-0.2, 0) is 6.42 Å². The topological polar surface area (TPSA) is 66.6 Å². The summed E-state index contributed by atoms with van der Waals surface area (Å²) >= 11 is 0. The molecule has 2 aromatic heterocycles. The fraction of sp³-hybridized carbons (Fsp3) is 0.333. The Balaban J connectivity index is 1.49. The van der Waals surface area contributed by atoms with Crippen molar-refractivity contribution in [1.82, 2.24) is 24.5 Å². The first-order chi connectivity index (χ1) is 12.3. The molecular formula is C18H20N6O. The van der Waals surface area contributed by atoms with E-state index in [9.17, 15) is 4.79 Å². The molecule has 3 aromatic rings. The molecule has 7 heteroatoms. The number of hydrogen-bond acceptors (Lipinski definition) is 5. The van der Waals surface area contributed by atoms with Crippen molar-refractivity contribution < 1.29 is 4.79 Å². The van der Waals surface area contributed by atoms with Gasteiger partial charge in [-0.05, 0) is 18.6 Å². The van der Waals surface area contributed by atoms with Gasteiger partial charge in [-0.3, -0.25) is 9.20 Å². The zero-order valence-corrected chi connectivity index (χ0v) is 14.2. The van der Waals surface area contributed by atoms with E-state index in [1.165, 1.54) is 0 Å². The highest BCUT2D eigenvalue weighted by Crippen LogP contribution is 2.18. The Morgan fingerprint density at radius 2 is 1.88 bits per heavy atom. The van der Waals surface area contributed by atoms with Crippen molar-refractivity contribution in [3.63, 3.8) is 0 Å². The zero-order valence-electron chi connectivity index (χ0n) is 14.2. The maximum atomic E-state index is 12.6. The number of rotatable bonds is 3. The van der Waals surface area contributed by atoms with Gasteiger partial charge in [-0.1, -0.05) is 25.1 Å². The van der Waals surface area contributed by atoms with E-state index in [0.29, 0.717) is 18.9 Å². The van der Waals surface area contributed by atoms with Crippen molar-refractivity contribution in [1.29, 1.82) is 0 Å². The number of fused-ring (bicyclic) bond motifs is 1. The second-order valence-electron chi connectivity index (χ2n) is 6.11. The van der Waals surface area contributed by atoms with Crippen LogP contribution in [0.3, 0.4) is 0 Å². The van der Waals surface area contributed by atoms with Crippen molar-refractivity contribution in [2.45, 2.75) is 13.3 Å². The van der Waals surface area contributed by atoms with E-state index in [1.807, 2.05) is 39.6 Å². The lowest BCUT2D eigenvalue weighted by Crippen LogP contribution is -2.49. The molecular weight excluding hydrogens is 316 g/mol. The monoisotopic (exact) mass is 336 g/mol. The van der Waals surface area contributed by atoms with Crippen LogP contribution in [0.5, 0.6) is 0 Å². The molecule has 128 valence electrons. The third-order valence-corrected chi connectivity index (χ3v) is 4.62. The molecule has 1 amide bonds. The minimum absolute atomic E-state index is 0.0929. The number of carbonyl (C=O) groups is 1. The number of piperazine rings is 1. The largest absolute Gasteiger partial charge is 0.353 e. The Labute approximate surface area is 145 Å². The lowest BCUT2D eigenvalue weighted by molar-refractivity contribution is 0.0746. The Hall–Kier alpha value is -2.96. The molecule has 0 spiro atoms. The average Bonchev–Trinajstić information content (AvgIpc) is 3.16. The molecule has 0 radical (unpaired) electrons. The van der Waals surface area contributed by atoms with Gasteiger partial charge in [0, 0.05) is 43.5 Å². The van der Waals surface area contributed by atoms with Crippen molar-refractivity contribution in [3.8, 4) is 0 Å². The quantitative estimate of drug-likeness (QED) is 0.727. The zero-order chi connectivity index (χ0) is 17.2. The van der Waals surface area contributed by atoms with Crippen molar-refractivity contribution in [3.05, 3.63) is 54.0 Å². The summed E-state index contributed by atoms with van der Waals surface area (Å²) in [4.78, 5) is 21.3. The summed E-state index contributed by atoms with van der Waals surface area (Å²) in [6.45, 7) is 5.01. The van der Waals surface area contributed by atoms with E-state index in [1.54, 1.807) is 6.33 Å². The highest BCUT2D eigenvalue weighted by atomic mass is 16.2. The van der Waals surface area contributed by atoms with Crippen LogP contribution in [0, 0.1) is 0 Å². The number of aromatic nitrogens is 4. The van der Waals surface area contributed by atoms with Gasteiger partial charge in [0.1, 0.15) is 12.1 Å². The van der Waals surface area contributed by atoms with Gasteiger partial charge in [-0.15, -0.1) is 10.2 Å². The maximum absolute atomic E-state index is 12.6. The fourth-order valence-electron chi connectivity index (χ4n) is 3.20. The lowest BCUT2D eigenvalue weighted by atomic mass is 10.2. The standard InChI is InChI=1S/C18H20N6O/c1-2-15-12-16(20-18-21-19-13-24(15)18)22-8-10-23(11-9-22)17(25)14-6-4-3-5-7-14/h3-7,12-13H,2,8-11H2,1H3. The molecule has 0 aliphatic carbocycles. The van der Waals surface area contributed by atoms with E-state index >= 15 is 0 Å². The second kappa shape index (κ2) is 6.51. The van der Waals surface area contributed by atoms with E-state index in [2.05, 4.69) is 33.1 Å². The lowest BCUT2D eigenvalue weighted by Gasteiger charge is -2.35. The molecule has 0 N–H and O–H groups in total. The molecule has 25 heavy (non-hydrogen) atoms. The first-order valence-electron chi connectivity index (χ1n) is 8.55. The number of aryl methyl sites for hydroxylation is 1. The maximum Gasteiger partial charge on any atom is 0.256 e. The van der Waals surface area contributed by atoms with Gasteiger partial charge in [-0.2, -0.15) is 4.98 Å². The summed E-state index contributed by atoms with van der Waals surface area (Å²) < 4.78 is 1.92. The summed E-state index contributed by atoms with van der Waals surface area (Å²) in [5.74, 6) is 1.62. The van der Waals surface area contributed by atoms with Crippen molar-refractivity contribution in [2.75, 3.05) is 31.1 Å². The fourth-order valence-corrected chi connectivity index (χ4v) is 3.20. The molecule has 3 heterocycles. The summed E-state index contributed by atoms with van der Waals surface area (Å²) in [7, 11) is 0. The van der Waals surface area contributed by atoms with E-state index in [0.717, 1.165) is 36.6 Å².